The number of nitrogens with one attached hydrogen (secondary N) is 1. The fourth-order valence-corrected chi connectivity index (χ4v) is 5.12. The van der Waals surface area contributed by atoms with Gasteiger partial charge in [0.05, 0.1) is 22.2 Å². The maximum atomic E-state index is 13.8. The van der Waals surface area contributed by atoms with Crippen molar-refractivity contribution in [2.75, 3.05) is 13.1 Å². The summed E-state index contributed by atoms with van der Waals surface area (Å²) in [6.45, 7) is 14.1. The van der Waals surface area contributed by atoms with E-state index < -0.39 is 0 Å². The Balaban J connectivity index is 1.45. The quantitative estimate of drug-likeness (QED) is 0.403. The summed E-state index contributed by atoms with van der Waals surface area (Å²) in [4.78, 5) is 24.4. The van der Waals surface area contributed by atoms with Gasteiger partial charge < -0.3 is 9.88 Å². The van der Waals surface area contributed by atoms with E-state index in [4.69, 9.17) is 10.1 Å². The van der Waals surface area contributed by atoms with Crippen molar-refractivity contribution >= 4 is 27.8 Å². The van der Waals surface area contributed by atoms with Gasteiger partial charge in [0.15, 0.2) is 5.65 Å². The lowest BCUT2D eigenvalue weighted by Gasteiger charge is -2.32. The number of aromatic amines is 1. The molecular weight excluding hydrogens is 422 g/mol. The molecule has 0 radical (unpaired) electrons. The highest BCUT2D eigenvalue weighted by molar-refractivity contribution is 6.06. The van der Waals surface area contributed by atoms with Crippen molar-refractivity contribution in [1.29, 1.82) is 0 Å². The van der Waals surface area contributed by atoms with E-state index in [0.717, 1.165) is 53.9 Å². The molecular formula is C28H35N5O. The number of pyridine rings is 1. The van der Waals surface area contributed by atoms with Gasteiger partial charge in [-0.15, -0.1) is 0 Å². The monoisotopic (exact) mass is 457 g/mol. The van der Waals surface area contributed by atoms with Crippen molar-refractivity contribution in [1.82, 2.24) is 24.6 Å². The minimum atomic E-state index is -0.215. The number of carbonyl (C=O) groups is 1. The molecule has 1 N–H and O–H groups in total. The van der Waals surface area contributed by atoms with Crippen LogP contribution in [0.25, 0.3) is 21.9 Å². The number of para-hydroxylation sites is 1. The number of likely N-dealkylation sites (tertiary alicyclic amines) is 1. The molecule has 178 valence electrons. The lowest BCUT2D eigenvalue weighted by Crippen LogP contribution is -2.38. The van der Waals surface area contributed by atoms with Gasteiger partial charge in [0, 0.05) is 35.9 Å². The highest BCUT2D eigenvalue weighted by Gasteiger charge is 2.30. The molecule has 0 bridgehead atoms. The second kappa shape index (κ2) is 8.26. The van der Waals surface area contributed by atoms with E-state index >= 15 is 0 Å². The number of H-pyrrole nitrogens is 1. The normalized spacial score (nSPS) is 15.7. The zero-order chi connectivity index (χ0) is 24.2. The SMILES string of the molecule is Cc1nn(C(C)(C)C)c2nc(C(C)C)cc(C(=O)N3CCC(c4cc5ccccc5[nH]4)CC3)c12. The summed E-state index contributed by atoms with van der Waals surface area (Å²) in [5, 5.41) is 6.94. The Kier molecular flexibility index (Phi) is 5.50. The number of piperidine rings is 1. The fourth-order valence-electron chi connectivity index (χ4n) is 5.12. The van der Waals surface area contributed by atoms with E-state index in [1.807, 2.05) is 22.6 Å². The topological polar surface area (TPSA) is 66.8 Å². The number of hydrogen-bond donors (Lipinski definition) is 1. The van der Waals surface area contributed by atoms with E-state index in [0.29, 0.717) is 5.92 Å². The predicted molar refractivity (Wildman–Crippen MR) is 138 cm³/mol. The standard InChI is InChI=1S/C28H35N5O/c1-17(2)23-16-21(25-18(3)31-33(26(25)30-23)28(4,5)6)27(34)32-13-11-19(12-14-32)24-15-20-9-7-8-10-22(20)29-24/h7-10,15-17,19,29H,11-14H2,1-6H3. The molecule has 0 spiro atoms. The van der Waals surface area contributed by atoms with Crippen LogP contribution in [0, 0.1) is 6.92 Å². The average molecular weight is 458 g/mol. The van der Waals surface area contributed by atoms with Crippen LogP contribution in [0.15, 0.2) is 36.4 Å². The Morgan fingerprint density at radius 2 is 1.82 bits per heavy atom. The van der Waals surface area contributed by atoms with Crippen LogP contribution in [0.2, 0.25) is 0 Å². The minimum Gasteiger partial charge on any atom is -0.358 e. The summed E-state index contributed by atoms with van der Waals surface area (Å²) in [5.41, 5.74) is 5.61. The molecule has 4 heterocycles. The molecule has 5 rings (SSSR count). The van der Waals surface area contributed by atoms with Gasteiger partial charge >= 0.3 is 0 Å². The smallest absolute Gasteiger partial charge is 0.254 e. The van der Waals surface area contributed by atoms with Gasteiger partial charge in [-0.05, 0) is 70.0 Å². The van der Waals surface area contributed by atoms with E-state index in [9.17, 15) is 4.79 Å². The summed E-state index contributed by atoms with van der Waals surface area (Å²) >= 11 is 0. The minimum absolute atomic E-state index is 0.0981. The summed E-state index contributed by atoms with van der Waals surface area (Å²) < 4.78 is 1.97. The van der Waals surface area contributed by atoms with Crippen molar-refractivity contribution in [3.05, 3.63) is 59.0 Å². The van der Waals surface area contributed by atoms with Crippen LogP contribution >= 0.6 is 0 Å². The van der Waals surface area contributed by atoms with Gasteiger partial charge in [0.1, 0.15) is 0 Å². The van der Waals surface area contributed by atoms with Gasteiger partial charge in [0.2, 0.25) is 0 Å². The van der Waals surface area contributed by atoms with Crippen molar-refractivity contribution in [3.8, 4) is 0 Å². The van der Waals surface area contributed by atoms with Crippen LogP contribution in [0.5, 0.6) is 0 Å². The number of nitrogens with zero attached hydrogens (tertiary/aromatic N) is 4. The second-order valence-corrected chi connectivity index (χ2v) is 11.0. The maximum absolute atomic E-state index is 13.8. The number of rotatable bonds is 3. The molecule has 6 heteroatoms. The highest BCUT2D eigenvalue weighted by Crippen LogP contribution is 2.33. The number of carbonyl (C=O) groups excluding carboxylic acids is 1. The first kappa shape index (κ1) is 22.6. The van der Waals surface area contributed by atoms with Gasteiger partial charge in [-0.25, -0.2) is 9.67 Å². The van der Waals surface area contributed by atoms with Crippen LogP contribution < -0.4 is 0 Å². The molecule has 1 aliphatic heterocycles. The lowest BCUT2D eigenvalue weighted by molar-refractivity contribution is 0.0714. The number of aryl methyl sites for hydroxylation is 1. The molecule has 34 heavy (non-hydrogen) atoms. The molecule has 1 saturated heterocycles. The van der Waals surface area contributed by atoms with Crippen molar-refractivity contribution in [3.63, 3.8) is 0 Å². The maximum Gasteiger partial charge on any atom is 0.254 e. The molecule has 1 aromatic carbocycles. The van der Waals surface area contributed by atoms with Crippen LogP contribution in [-0.2, 0) is 5.54 Å². The summed E-state index contributed by atoms with van der Waals surface area (Å²) in [6, 6.07) is 12.7. The molecule has 4 aromatic rings. The molecule has 1 fully saturated rings. The van der Waals surface area contributed by atoms with Gasteiger partial charge in [-0.1, -0.05) is 32.0 Å². The highest BCUT2D eigenvalue weighted by atomic mass is 16.2. The second-order valence-electron chi connectivity index (χ2n) is 11.0. The number of benzene rings is 1. The zero-order valence-corrected chi connectivity index (χ0v) is 21.1. The first-order valence-electron chi connectivity index (χ1n) is 12.4. The predicted octanol–water partition coefficient (Wildman–Crippen LogP) is 6.12. The number of amides is 1. The third kappa shape index (κ3) is 3.89. The zero-order valence-electron chi connectivity index (χ0n) is 21.1. The van der Waals surface area contributed by atoms with Crippen LogP contribution in [0.4, 0.5) is 0 Å². The van der Waals surface area contributed by atoms with Crippen molar-refractivity contribution < 1.29 is 4.79 Å². The summed E-state index contributed by atoms with van der Waals surface area (Å²) in [6.07, 6.45) is 1.92. The third-order valence-electron chi connectivity index (χ3n) is 7.06. The van der Waals surface area contributed by atoms with Crippen molar-refractivity contribution in [2.45, 2.75) is 71.8 Å². The molecule has 0 saturated carbocycles. The van der Waals surface area contributed by atoms with Crippen LogP contribution in [-0.4, -0.2) is 43.6 Å². The molecule has 0 aliphatic carbocycles. The first-order chi connectivity index (χ1) is 16.1. The Bertz CT molecular complexity index is 1330. The van der Waals surface area contributed by atoms with E-state index in [1.54, 1.807) is 0 Å². The fraction of sp³-hybridized carbons (Fsp3) is 0.464. The first-order valence-corrected chi connectivity index (χ1v) is 12.4. The largest absolute Gasteiger partial charge is 0.358 e. The molecule has 3 aromatic heterocycles. The molecule has 0 atom stereocenters. The van der Waals surface area contributed by atoms with Gasteiger partial charge in [0.25, 0.3) is 5.91 Å². The number of hydrogen-bond acceptors (Lipinski definition) is 3. The average Bonchev–Trinajstić information content (AvgIpc) is 3.39. The number of fused-ring (bicyclic) bond motifs is 2. The number of aromatic nitrogens is 4. The molecule has 1 amide bonds. The Labute approximate surface area is 201 Å². The summed E-state index contributed by atoms with van der Waals surface area (Å²) in [7, 11) is 0. The van der Waals surface area contributed by atoms with E-state index in [2.05, 4.69) is 69.9 Å². The van der Waals surface area contributed by atoms with Crippen molar-refractivity contribution in [2.24, 2.45) is 0 Å². The third-order valence-corrected chi connectivity index (χ3v) is 7.06. The Morgan fingerprint density at radius 3 is 2.47 bits per heavy atom. The van der Waals surface area contributed by atoms with Crippen LogP contribution in [0.3, 0.4) is 0 Å². The molecule has 0 unspecified atom stereocenters. The molecule has 6 nitrogen and oxygen atoms in total. The van der Waals surface area contributed by atoms with Gasteiger partial charge in [-0.2, -0.15) is 5.10 Å². The lowest BCUT2D eigenvalue weighted by atomic mass is 9.93. The van der Waals surface area contributed by atoms with E-state index in [1.165, 1.54) is 16.6 Å². The van der Waals surface area contributed by atoms with Crippen LogP contribution in [0.1, 0.15) is 86.7 Å². The molecule has 1 aliphatic rings. The van der Waals surface area contributed by atoms with E-state index in [-0.39, 0.29) is 17.4 Å². The summed E-state index contributed by atoms with van der Waals surface area (Å²) in [5.74, 6) is 0.777. The Morgan fingerprint density at radius 1 is 1.12 bits per heavy atom. The Hall–Kier alpha value is -3.15. The van der Waals surface area contributed by atoms with Gasteiger partial charge in [-0.3, -0.25) is 4.79 Å².